The minimum Gasteiger partial charge on any atom is -0.469 e. The topological polar surface area (TPSA) is 72.6 Å². The number of hydrogen-bond donors (Lipinski definition) is 1. The molecule has 0 saturated carbocycles. The largest absolute Gasteiger partial charge is 0.469 e. The fourth-order valence-corrected chi connectivity index (χ4v) is 1.28. The predicted molar refractivity (Wildman–Crippen MR) is 45.8 cm³/mol. The Bertz CT molecular complexity index is 211. The highest BCUT2D eigenvalue weighted by Crippen LogP contribution is 2.17. The highest BCUT2D eigenvalue weighted by Gasteiger charge is 2.35. The van der Waals surface area contributed by atoms with Gasteiger partial charge in [0.25, 0.3) is 0 Å². The molecule has 0 bridgehead atoms. The van der Waals surface area contributed by atoms with Gasteiger partial charge < -0.3 is 15.4 Å². The fourth-order valence-electron chi connectivity index (χ4n) is 1.28. The first-order valence-electron chi connectivity index (χ1n) is 4.24. The van der Waals surface area contributed by atoms with E-state index in [4.69, 9.17) is 5.73 Å². The second kappa shape index (κ2) is 4.23. The summed E-state index contributed by atoms with van der Waals surface area (Å²) in [7, 11) is 1.35. The van der Waals surface area contributed by atoms with Gasteiger partial charge in [-0.3, -0.25) is 9.59 Å². The number of likely N-dealkylation sites (tertiary alicyclic amines) is 1. The van der Waals surface area contributed by atoms with Gasteiger partial charge in [0, 0.05) is 26.1 Å². The number of ether oxygens (including phenoxy) is 1. The normalized spacial score (nSPS) is 16.6. The second-order valence-corrected chi connectivity index (χ2v) is 3.06. The van der Waals surface area contributed by atoms with Crippen LogP contribution in [0.2, 0.25) is 0 Å². The number of hydrogen-bond acceptors (Lipinski definition) is 4. The lowest BCUT2D eigenvalue weighted by molar-refractivity contribution is -0.155. The van der Waals surface area contributed by atoms with Crippen molar-refractivity contribution < 1.29 is 14.3 Å². The minimum atomic E-state index is -0.239. The van der Waals surface area contributed by atoms with Crippen molar-refractivity contribution in [2.75, 3.05) is 26.7 Å². The zero-order chi connectivity index (χ0) is 9.84. The van der Waals surface area contributed by atoms with Crippen LogP contribution in [0, 0.1) is 5.92 Å². The first-order valence-corrected chi connectivity index (χ1v) is 4.24. The molecule has 0 spiro atoms. The average molecular weight is 186 g/mol. The second-order valence-electron chi connectivity index (χ2n) is 3.06. The first kappa shape index (κ1) is 9.98. The monoisotopic (exact) mass is 186 g/mol. The van der Waals surface area contributed by atoms with Crippen LogP contribution in [0.1, 0.15) is 6.42 Å². The minimum absolute atomic E-state index is 0.0163. The maximum Gasteiger partial charge on any atom is 0.312 e. The lowest BCUT2D eigenvalue weighted by atomic mass is 10.00. The Morgan fingerprint density at radius 3 is 2.62 bits per heavy atom. The summed E-state index contributed by atoms with van der Waals surface area (Å²) in [4.78, 5) is 23.7. The number of esters is 1. The SMILES string of the molecule is COC(=O)C1CN(C(=O)CCN)C1. The van der Waals surface area contributed by atoms with E-state index in [1.165, 1.54) is 7.11 Å². The molecule has 0 aliphatic carbocycles. The summed E-state index contributed by atoms with van der Waals surface area (Å²) < 4.78 is 4.54. The lowest BCUT2D eigenvalue weighted by Crippen LogP contribution is -2.53. The molecule has 0 aromatic heterocycles. The number of rotatable bonds is 3. The molecule has 1 saturated heterocycles. The molecule has 1 fully saturated rings. The van der Waals surface area contributed by atoms with Crippen LogP contribution in [-0.2, 0) is 14.3 Å². The molecule has 0 aromatic carbocycles. The molecule has 74 valence electrons. The van der Waals surface area contributed by atoms with E-state index in [-0.39, 0.29) is 17.8 Å². The number of amides is 1. The smallest absolute Gasteiger partial charge is 0.312 e. The van der Waals surface area contributed by atoms with Gasteiger partial charge in [0.05, 0.1) is 13.0 Å². The van der Waals surface area contributed by atoms with Gasteiger partial charge in [-0.25, -0.2) is 0 Å². The van der Waals surface area contributed by atoms with E-state index in [1.54, 1.807) is 4.90 Å². The Hall–Kier alpha value is -1.10. The average Bonchev–Trinajstić information content (AvgIpc) is 2.01. The summed E-state index contributed by atoms with van der Waals surface area (Å²) >= 11 is 0. The summed E-state index contributed by atoms with van der Waals surface area (Å²) in [6, 6.07) is 0. The lowest BCUT2D eigenvalue weighted by Gasteiger charge is -2.37. The van der Waals surface area contributed by atoms with Crippen LogP contribution in [0.3, 0.4) is 0 Å². The van der Waals surface area contributed by atoms with Crippen molar-refractivity contribution in [3.05, 3.63) is 0 Å². The number of carbonyl (C=O) groups excluding carboxylic acids is 2. The maximum atomic E-state index is 11.2. The van der Waals surface area contributed by atoms with Gasteiger partial charge in [-0.05, 0) is 0 Å². The van der Waals surface area contributed by atoms with Crippen molar-refractivity contribution in [2.24, 2.45) is 11.7 Å². The van der Waals surface area contributed by atoms with Crippen LogP contribution in [0.5, 0.6) is 0 Å². The third-order valence-corrected chi connectivity index (χ3v) is 2.13. The molecule has 1 heterocycles. The van der Waals surface area contributed by atoms with Crippen molar-refractivity contribution in [2.45, 2.75) is 6.42 Å². The summed E-state index contributed by atoms with van der Waals surface area (Å²) in [5.41, 5.74) is 5.23. The van der Waals surface area contributed by atoms with Crippen molar-refractivity contribution in [1.29, 1.82) is 0 Å². The van der Waals surface area contributed by atoms with E-state index in [0.29, 0.717) is 26.1 Å². The fraction of sp³-hybridized carbons (Fsp3) is 0.750. The van der Waals surface area contributed by atoms with Gasteiger partial charge in [0.15, 0.2) is 0 Å². The van der Waals surface area contributed by atoms with E-state index in [0.717, 1.165) is 0 Å². The Morgan fingerprint density at radius 1 is 1.54 bits per heavy atom. The van der Waals surface area contributed by atoms with E-state index < -0.39 is 0 Å². The van der Waals surface area contributed by atoms with Gasteiger partial charge in [-0.15, -0.1) is 0 Å². The molecule has 2 N–H and O–H groups in total. The van der Waals surface area contributed by atoms with Gasteiger partial charge >= 0.3 is 5.97 Å². The van der Waals surface area contributed by atoms with E-state index >= 15 is 0 Å². The Morgan fingerprint density at radius 2 is 2.15 bits per heavy atom. The van der Waals surface area contributed by atoms with Gasteiger partial charge in [0.1, 0.15) is 0 Å². The molecule has 1 rings (SSSR count). The Balaban J connectivity index is 2.25. The van der Waals surface area contributed by atoms with Gasteiger partial charge in [-0.1, -0.05) is 0 Å². The molecule has 1 amide bonds. The first-order chi connectivity index (χ1) is 6.19. The molecular formula is C8H14N2O3. The van der Waals surface area contributed by atoms with Crippen LogP contribution >= 0.6 is 0 Å². The zero-order valence-electron chi connectivity index (χ0n) is 7.66. The number of methoxy groups -OCH3 is 1. The Kier molecular flexibility index (Phi) is 3.25. The predicted octanol–water partition coefficient (Wildman–Crippen LogP) is -1.03. The summed E-state index contributed by atoms with van der Waals surface area (Å²) in [5.74, 6) is -0.355. The standard InChI is InChI=1S/C8H14N2O3/c1-13-8(12)6-4-10(5-6)7(11)2-3-9/h6H,2-5,9H2,1H3. The molecule has 0 aromatic rings. The summed E-state index contributed by atoms with van der Waals surface area (Å²) in [5, 5.41) is 0. The molecule has 0 radical (unpaired) electrons. The van der Waals surface area contributed by atoms with Crippen molar-refractivity contribution in [3.8, 4) is 0 Å². The quantitative estimate of drug-likeness (QED) is 0.572. The number of carbonyl (C=O) groups is 2. The maximum absolute atomic E-state index is 11.2. The number of nitrogens with two attached hydrogens (primary N) is 1. The third kappa shape index (κ3) is 2.18. The van der Waals surface area contributed by atoms with E-state index in [9.17, 15) is 9.59 Å². The van der Waals surface area contributed by atoms with Crippen molar-refractivity contribution in [1.82, 2.24) is 4.90 Å². The molecule has 13 heavy (non-hydrogen) atoms. The molecule has 1 aliphatic rings. The molecule has 0 unspecified atom stereocenters. The van der Waals surface area contributed by atoms with Gasteiger partial charge in [-0.2, -0.15) is 0 Å². The molecule has 5 nitrogen and oxygen atoms in total. The number of nitrogens with zero attached hydrogens (tertiary/aromatic N) is 1. The highest BCUT2D eigenvalue weighted by atomic mass is 16.5. The van der Waals surface area contributed by atoms with Gasteiger partial charge in [0.2, 0.25) is 5.91 Å². The van der Waals surface area contributed by atoms with Crippen LogP contribution in [0.25, 0.3) is 0 Å². The third-order valence-electron chi connectivity index (χ3n) is 2.13. The summed E-state index contributed by atoms with van der Waals surface area (Å²) in [6.45, 7) is 1.31. The van der Waals surface area contributed by atoms with Crippen LogP contribution < -0.4 is 5.73 Å². The Labute approximate surface area is 76.8 Å². The molecule has 5 heteroatoms. The molecule has 1 aliphatic heterocycles. The zero-order valence-corrected chi connectivity index (χ0v) is 7.66. The molecule has 0 atom stereocenters. The van der Waals surface area contributed by atoms with Crippen LogP contribution in [0.15, 0.2) is 0 Å². The highest BCUT2D eigenvalue weighted by molar-refractivity contribution is 5.81. The summed E-state index contributed by atoms with van der Waals surface area (Å²) in [6.07, 6.45) is 0.355. The van der Waals surface area contributed by atoms with Crippen molar-refractivity contribution in [3.63, 3.8) is 0 Å². The van der Waals surface area contributed by atoms with E-state index in [1.807, 2.05) is 0 Å². The van der Waals surface area contributed by atoms with Crippen molar-refractivity contribution >= 4 is 11.9 Å². The van der Waals surface area contributed by atoms with Crippen LogP contribution in [-0.4, -0.2) is 43.5 Å². The molecular weight excluding hydrogens is 172 g/mol. The van der Waals surface area contributed by atoms with Crippen LogP contribution in [0.4, 0.5) is 0 Å². The van der Waals surface area contributed by atoms with E-state index in [2.05, 4.69) is 4.74 Å².